The van der Waals surface area contributed by atoms with Gasteiger partial charge in [-0.3, -0.25) is 0 Å². The number of aromatic nitrogens is 1. The maximum atomic E-state index is 11.8. The zero-order valence-electron chi connectivity index (χ0n) is 14.9. The third kappa shape index (κ3) is 4.24. The van der Waals surface area contributed by atoms with Crippen LogP contribution in [0.3, 0.4) is 0 Å². The number of carbonyl (C=O) groups is 2. The number of esters is 2. The van der Waals surface area contributed by atoms with Gasteiger partial charge in [0.05, 0.1) is 25.3 Å². The molecule has 0 aliphatic heterocycles. The molecule has 0 amide bonds. The fraction of sp³-hybridized carbons (Fsp3) is 0.105. The van der Waals surface area contributed by atoms with E-state index < -0.39 is 11.9 Å². The van der Waals surface area contributed by atoms with Crippen LogP contribution in [0.2, 0.25) is 5.02 Å². The number of carbonyl (C=O) groups excluding carboxylic acids is 2. The number of hydrogen-bond acceptors (Lipinski definition) is 8. The third-order valence-corrected chi connectivity index (χ3v) is 3.92. The number of anilines is 1. The van der Waals surface area contributed by atoms with Crippen LogP contribution < -0.4 is 10.1 Å². The van der Waals surface area contributed by atoms with Gasteiger partial charge in [0.2, 0.25) is 0 Å². The van der Waals surface area contributed by atoms with Crippen molar-refractivity contribution >= 4 is 40.3 Å². The van der Waals surface area contributed by atoms with Crippen molar-refractivity contribution in [2.45, 2.75) is 0 Å². The number of nitrogens with one attached hydrogen (secondary N) is 1. The van der Waals surface area contributed by atoms with E-state index in [1.165, 1.54) is 26.7 Å². The van der Waals surface area contributed by atoms with Crippen LogP contribution in [0.15, 0.2) is 59.0 Å². The summed E-state index contributed by atoms with van der Waals surface area (Å²) >= 11 is 6.30. The Morgan fingerprint density at radius 3 is 2.68 bits per heavy atom. The zero-order valence-corrected chi connectivity index (χ0v) is 15.6. The fourth-order valence-corrected chi connectivity index (χ4v) is 2.53. The molecule has 0 radical (unpaired) electrons. The molecule has 144 valence electrons. The standard InChI is InChI=1S/C19H15ClN2O6/c1-25-17(23)9-13(19(24)26-2)22-11-6-7-14(12(20)8-11)28-16-5-3-4-15-18(16)21-10-27-15/h3-10,22H,1-2H3/b13-9+. The topological polar surface area (TPSA) is 99.9 Å². The monoisotopic (exact) mass is 402 g/mol. The summed E-state index contributed by atoms with van der Waals surface area (Å²) in [6, 6.07) is 10.0. The van der Waals surface area contributed by atoms with Crippen molar-refractivity contribution < 1.29 is 28.2 Å². The van der Waals surface area contributed by atoms with Gasteiger partial charge in [0, 0.05) is 5.69 Å². The minimum absolute atomic E-state index is 0.105. The molecule has 2 aromatic carbocycles. The van der Waals surface area contributed by atoms with Crippen molar-refractivity contribution in [3.63, 3.8) is 0 Å². The summed E-state index contributed by atoms with van der Waals surface area (Å²) in [5, 5.41) is 3.04. The van der Waals surface area contributed by atoms with Crippen LogP contribution in [0.1, 0.15) is 0 Å². The first kappa shape index (κ1) is 19.2. The second kappa shape index (κ2) is 8.45. The zero-order chi connectivity index (χ0) is 20.1. The van der Waals surface area contributed by atoms with Crippen LogP contribution in [0.25, 0.3) is 11.1 Å². The summed E-state index contributed by atoms with van der Waals surface area (Å²) in [4.78, 5) is 27.4. The van der Waals surface area contributed by atoms with Gasteiger partial charge in [-0.1, -0.05) is 17.7 Å². The number of rotatable bonds is 6. The summed E-state index contributed by atoms with van der Waals surface area (Å²) in [7, 11) is 2.40. The lowest BCUT2D eigenvalue weighted by molar-refractivity contribution is -0.138. The molecule has 3 rings (SSSR count). The summed E-state index contributed by atoms with van der Waals surface area (Å²) in [5.74, 6) is -0.590. The highest BCUT2D eigenvalue weighted by molar-refractivity contribution is 6.32. The van der Waals surface area contributed by atoms with Crippen molar-refractivity contribution in [1.29, 1.82) is 0 Å². The first-order valence-corrected chi connectivity index (χ1v) is 8.34. The molecule has 0 aliphatic rings. The SMILES string of the molecule is COC(=O)/C=C(/Nc1ccc(Oc2cccc3ocnc23)c(Cl)c1)C(=O)OC. The Morgan fingerprint density at radius 2 is 1.96 bits per heavy atom. The van der Waals surface area contributed by atoms with E-state index >= 15 is 0 Å². The van der Waals surface area contributed by atoms with Gasteiger partial charge in [0.25, 0.3) is 0 Å². The van der Waals surface area contributed by atoms with Crippen molar-refractivity contribution in [1.82, 2.24) is 4.98 Å². The molecule has 0 spiro atoms. The van der Waals surface area contributed by atoms with Crippen molar-refractivity contribution in [3.8, 4) is 11.5 Å². The number of fused-ring (bicyclic) bond motifs is 1. The Hall–Kier alpha value is -3.52. The number of nitrogens with zero attached hydrogens (tertiary/aromatic N) is 1. The van der Waals surface area contributed by atoms with Crippen LogP contribution in [0.4, 0.5) is 5.69 Å². The van der Waals surface area contributed by atoms with Crippen molar-refractivity contribution in [2.24, 2.45) is 0 Å². The van der Waals surface area contributed by atoms with E-state index in [-0.39, 0.29) is 10.7 Å². The lowest BCUT2D eigenvalue weighted by atomic mass is 10.2. The average Bonchev–Trinajstić information content (AvgIpc) is 3.18. The van der Waals surface area contributed by atoms with E-state index in [0.29, 0.717) is 28.3 Å². The van der Waals surface area contributed by atoms with Gasteiger partial charge < -0.3 is 23.9 Å². The predicted octanol–water partition coefficient (Wildman–Crippen LogP) is 3.92. The number of para-hydroxylation sites is 1. The van der Waals surface area contributed by atoms with Crippen LogP contribution in [0, 0.1) is 0 Å². The molecule has 1 N–H and O–H groups in total. The highest BCUT2D eigenvalue weighted by Gasteiger charge is 2.15. The molecule has 1 heterocycles. The predicted molar refractivity (Wildman–Crippen MR) is 101 cm³/mol. The summed E-state index contributed by atoms with van der Waals surface area (Å²) in [6.45, 7) is 0. The number of oxazole rings is 1. The van der Waals surface area contributed by atoms with Gasteiger partial charge in [-0.25, -0.2) is 14.6 Å². The molecule has 8 nitrogen and oxygen atoms in total. The van der Waals surface area contributed by atoms with E-state index in [0.717, 1.165) is 6.08 Å². The lowest BCUT2D eigenvalue weighted by Gasteiger charge is -2.12. The maximum Gasteiger partial charge on any atom is 0.354 e. The van der Waals surface area contributed by atoms with Gasteiger partial charge in [-0.15, -0.1) is 0 Å². The Kier molecular flexibility index (Phi) is 5.81. The fourth-order valence-electron chi connectivity index (χ4n) is 2.31. The summed E-state index contributed by atoms with van der Waals surface area (Å²) in [6.07, 6.45) is 2.31. The molecule has 0 saturated carbocycles. The Balaban J connectivity index is 1.83. The molecular weight excluding hydrogens is 388 g/mol. The highest BCUT2D eigenvalue weighted by Crippen LogP contribution is 2.34. The maximum absolute atomic E-state index is 11.8. The van der Waals surface area contributed by atoms with E-state index in [2.05, 4.69) is 19.8 Å². The molecule has 9 heteroatoms. The van der Waals surface area contributed by atoms with Gasteiger partial charge in [0.1, 0.15) is 11.4 Å². The minimum atomic E-state index is -0.737. The van der Waals surface area contributed by atoms with Crippen molar-refractivity contribution in [2.75, 3.05) is 19.5 Å². The van der Waals surface area contributed by atoms with Gasteiger partial charge in [-0.05, 0) is 30.3 Å². The largest absolute Gasteiger partial charge is 0.466 e. The average molecular weight is 403 g/mol. The van der Waals surface area contributed by atoms with E-state index in [1.54, 1.807) is 30.3 Å². The molecule has 0 saturated heterocycles. The molecule has 0 fully saturated rings. The van der Waals surface area contributed by atoms with Crippen LogP contribution >= 0.6 is 11.6 Å². The molecule has 3 aromatic rings. The molecular formula is C19H15ClN2O6. The number of benzene rings is 2. The molecule has 0 atom stereocenters. The number of hydrogen-bond donors (Lipinski definition) is 1. The summed E-state index contributed by atoms with van der Waals surface area (Å²) in [5.41, 5.74) is 1.49. The highest BCUT2D eigenvalue weighted by atomic mass is 35.5. The Labute approximate surface area is 164 Å². The second-order valence-corrected chi connectivity index (χ2v) is 5.81. The van der Waals surface area contributed by atoms with E-state index in [1.807, 2.05) is 0 Å². The van der Waals surface area contributed by atoms with E-state index in [9.17, 15) is 9.59 Å². The smallest absolute Gasteiger partial charge is 0.354 e. The number of methoxy groups -OCH3 is 2. The quantitative estimate of drug-likeness (QED) is 0.489. The van der Waals surface area contributed by atoms with Crippen LogP contribution in [-0.2, 0) is 19.1 Å². The van der Waals surface area contributed by atoms with Crippen molar-refractivity contribution in [3.05, 3.63) is 59.6 Å². The van der Waals surface area contributed by atoms with Gasteiger partial charge >= 0.3 is 11.9 Å². The number of halogens is 1. The third-order valence-electron chi connectivity index (χ3n) is 3.62. The molecule has 0 unspecified atom stereocenters. The van der Waals surface area contributed by atoms with E-state index in [4.69, 9.17) is 20.8 Å². The van der Waals surface area contributed by atoms with Gasteiger partial charge in [-0.2, -0.15) is 0 Å². The number of ether oxygens (including phenoxy) is 3. The van der Waals surface area contributed by atoms with Gasteiger partial charge in [0.15, 0.2) is 23.2 Å². The normalized spacial score (nSPS) is 11.2. The summed E-state index contributed by atoms with van der Waals surface area (Å²) < 4.78 is 20.2. The molecule has 1 aromatic heterocycles. The molecule has 0 aliphatic carbocycles. The van der Waals surface area contributed by atoms with Crippen LogP contribution in [0.5, 0.6) is 11.5 Å². The first-order chi connectivity index (χ1) is 13.5. The molecule has 0 bridgehead atoms. The lowest BCUT2D eigenvalue weighted by Crippen LogP contribution is -2.15. The van der Waals surface area contributed by atoms with Crippen LogP contribution in [-0.4, -0.2) is 31.1 Å². The Morgan fingerprint density at radius 1 is 1.14 bits per heavy atom. The minimum Gasteiger partial charge on any atom is -0.466 e. The molecule has 28 heavy (non-hydrogen) atoms. The second-order valence-electron chi connectivity index (χ2n) is 5.40. The Bertz CT molecular complexity index is 1060. The first-order valence-electron chi connectivity index (χ1n) is 7.96.